The molecule has 1 unspecified atom stereocenters. The van der Waals surface area contributed by atoms with Gasteiger partial charge in [0.2, 0.25) is 0 Å². The van der Waals surface area contributed by atoms with Gasteiger partial charge in [0.05, 0.1) is 0 Å². The van der Waals surface area contributed by atoms with Crippen LogP contribution in [0.2, 0.25) is 0 Å². The van der Waals surface area contributed by atoms with E-state index in [-0.39, 0.29) is 31.1 Å². The molecule has 76 heavy (non-hydrogen) atoms. The van der Waals surface area contributed by atoms with Gasteiger partial charge in [-0.15, -0.1) is 0 Å². The van der Waals surface area contributed by atoms with Crippen molar-refractivity contribution in [1.29, 1.82) is 0 Å². The zero-order valence-corrected chi connectivity index (χ0v) is 51.8. The smallest absolute Gasteiger partial charge is 0.306 e. The van der Waals surface area contributed by atoms with E-state index in [4.69, 9.17) is 14.2 Å². The lowest BCUT2D eigenvalue weighted by molar-refractivity contribution is -0.167. The standard InChI is InChI=1S/C70H134O6/c1-4-7-10-13-16-19-22-25-28-30-31-32-33-34-35-36-37-38-39-40-43-45-48-51-54-57-60-63-69(72)75-66-67(65-74-68(71)62-59-56-53-50-47-44-41-27-24-21-18-15-12-9-6-3)76-70(73)64-61-58-55-52-49-46-42-29-26-23-20-17-14-11-8-5-2/h29,42,67H,4-28,30-41,43-66H2,1-3H3/b42-29-. The second-order valence-electron chi connectivity index (χ2n) is 23.8. The van der Waals surface area contributed by atoms with Gasteiger partial charge >= 0.3 is 17.9 Å². The number of esters is 3. The average molecular weight is 1070 g/mol. The molecule has 0 aromatic heterocycles. The van der Waals surface area contributed by atoms with Crippen LogP contribution in [-0.4, -0.2) is 37.2 Å². The van der Waals surface area contributed by atoms with Crippen molar-refractivity contribution >= 4 is 17.9 Å². The summed E-state index contributed by atoms with van der Waals surface area (Å²) in [5.74, 6) is -0.841. The Morgan fingerprint density at radius 1 is 0.250 bits per heavy atom. The lowest BCUT2D eigenvalue weighted by Crippen LogP contribution is -2.30. The molecule has 6 nitrogen and oxygen atoms in total. The molecule has 0 spiro atoms. The van der Waals surface area contributed by atoms with Crippen molar-refractivity contribution in [2.45, 2.75) is 406 Å². The number of allylic oxidation sites excluding steroid dienone is 2. The molecule has 6 heteroatoms. The van der Waals surface area contributed by atoms with E-state index in [0.717, 1.165) is 64.2 Å². The Kier molecular flexibility index (Phi) is 64.1. The maximum atomic E-state index is 12.9. The van der Waals surface area contributed by atoms with Crippen molar-refractivity contribution in [3.63, 3.8) is 0 Å². The van der Waals surface area contributed by atoms with Crippen LogP contribution in [0.1, 0.15) is 400 Å². The third-order valence-electron chi connectivity index (χ3n) is 16.0. The average Bonchev–Trinajstić information content (AvgIpc) is 3.42. The molecule has 0 rings (SSSR count). The number of hydrogen-bond acceptors (Lipinski definition) is 6. The molecule has 0 bridgehead atoms. The first kappa shape index (κ1) is 74.2. The van der Waals surface area contributed by atoms with Crippen LogP contribution in [0.3, 0.4) is 0 Å². The van der Waals surface area contributed by atoms with Gasteiger partial charge in [0, 0.05) is 19.3 Å². The molecule has 0 aliphatic heterocycles. The van der Waals surface area contributed by atoms with Crippen molar-refractivity contribution in [1.82, 2.24) is 0 Å². The minimum atomic E-state index is -0.770. The summed E-state index contributed by atoms with van der Waals surface area (Å²) in [5, 5.41) is 0. The van der Waals surface area contributed by atoms with Gasteiger partial charge in [-0.3, -0.25) is 14.4 Å². The molecule has 0 aromatic rings. The van der Waals surface area contributed by atoms with Crippen LogP contribution in [0.15, 0.2) is 12.2 Å². The van der Waals surface area contributed by atoms with Gasteiger partial charge < -0.3 is 14.2 Å². The third kappa shape index (κ3) is 63.0. The highest BCUT2D eigenvalue weighted by atomic mass is 16.6. The highest BCUT2D eigenvalue weighted by Gasteiger charge is 2.19. The van der Waals surface area contributed by atoms with Gasteiger partial charge in [0.25, 0.3) is 0 Å². The number of ether oxygens (including phenoxy) is 3. The van der Waals surface area contributed by atoms with Crippen LogP contribution in [-0.2, 0) is 28.6 Å². The Hall–Kier alpha value is -1.85. The topological polar surface area (TPSA) is 78.9 Å². The summed E-state index contributed by atoms with van der Waals surface area (Å²) in [6, 6.07) is 0. The van der Waals surface area contributed by atoms with E-state index in [0.29, 0.717) is 19.3 Å². The van der Waals surface area contributed by atoms with Crippen molar-refractivity contribution in [3.05, 3.63) is 12.2 Å². The maximum absolute atomic E-state index is 12.9. The summed E-state index contributed by atoms with van der Waals surface area (Å²) in [5.41, 5.74) is 0. The van der Waals surface area contributed by atoms with Crippen LogP contribution >= 0.6 is 0 Å². The Labute approximate surface area is 475 Å². The predicted molar refractivity (Wildman–Crippen MR) is 330 cm³/mol. The number of hydrogen-bond donors (Lipinski definition) is 0. The molecule has 0 amide bonds. The zero-order chi connectivity index (χ0) is 55.0. The van der Waals surface area contributed by atoms with Gasteiger partial charge in [-0.2, -0.15) is 0 Å². The Morgan fingerprint density at radius 3 is 0.658 bits per heavy atom. The van der Waals surface area contributed by atoms with Crippen LogP contribution in [0.5, 0.6) is 0 Å². The van der Waals surface area contributed by atoms with Crippen LogP contribution < -0.4 is 0 Å². The highest BCUT2D eigenvalue weighted by molar-refractivity contribution is 5.71. The molecule has 0 aromatic carbocycles. The van der Waals surface area contributed by atoms with E-state index in [1.807, 2.05) is 0 Å². The van der Waals surface area contributed by atoms with E-state index >= 15 is 0 Å². The molecule has 0 fully saturated rings. The molecule has 0 aliphatic carbocycles. The SMILES string of the molecule is CCCCCCCCC/C=C\CCCCCCCC(=O)OC(COC(=O)CCCCCCCCCCCCCCCCC)COC(=O)CCCCCCCCCCCCCCCCCCCCCCCCCCCCC. The van der Waals surface area contributed by atoms with Crippen LogP contribution in [0.25, 0.3) is 0 Å². The second kappa shape index (κ2) is 65.7. The first-order valence-electron chi connectivity index (χ1n) is 34.7. The van der Waals surface area contributed by atoms with E-state index < -0.39 is 6.10 Å². The Balaban J connectivity index is 4.19. The summed E-state index contributed by atoms with van der Waals surface area (Å²) < 4.78 is 17.0. The summed E-state index contributed by atoms with van der Waals surface area (Å²) in [7, 11) is 0. The lowest BCUT2D eigenvalue weighted by Gasteiger charge is -2.18. The Bertz CT molecular complexity index is 1180. The van der Waals surface area contributed by atoms with Gasteiger partial charge in [0.15, 0.2) is 6.10 Å². The van der Waals surface area contributed by atoms with E-state index in [1.54, 1.807) is 0 Å². The summed E-state index contributed by atoms with van der Waals surface area (Å²) in [4.78, 5) is 38.4. The molecule has 0 aliphatic rings. The molecule has 0 radical (unpaired) electrons. The molecule has 0 saturated carbocycles. The molecular formula is C70H134O6. The summed E-state index contributed by atoms with van der Waals surface area (Å²) in [6.07, 6.45) is 78.1. The fourth-order valence-electron chi connectivity index (χ4n) is 10.8. The van der Waals surface area contributed by atoms with Crippen molar-refractivity contribution in [3.8, 4) is 0 Å². The first-order chi connectivity index (χ1) is 37.5. The van der Waals surface area contributed by atoms with Crippen molar-refractivity contribution in [2.24, 2.45) is 0 Å². The fourth-order valence-corrected chi connectivity index (χ4v) is 10.8. The number of unbranched alkanes of at least 4 members (excludes halogenated alkanes) is 52. The maximum Gasteiger partial charge on any atom is 0.306 e. The molecule has 0 N–H and O–H groups in total. The highest BCUT2D eigenvalue weighted by Crippen LogP contribution is 2.19. The third-order valence-corrected chi connectivity index (χ3v) is 16.0. The largest absolute Gasteiger partial charge is 0.462 e. The summed E-state index contributed by atoms with van der Waals surface area (Å²) in [6.45, 7) is 6.72. The molecule has 1 atom stereocenters. The monoisotopic (exact) mass is 1070 g/mol. The molecule has 450 valence electrons. The molecule has 0 heterocycles. The minimum Gasteiger partial charge on any atom is -0.462 e. The van der Waals surface area contributed by atoms with E-state index in [1.165, 1.54) is 295 Å². The van der Waals surface area contributed by atoms with Gasteiger partial charge in [0.1, 0.15) is 13.2 Å². The van der Waals surface area contributed by atoms with Crippen molar-refractivity contribution in [2.75, 3.05) is 13.2 Å². The van der Waals surface area contributed by atoms with Crippen molar-refractivity contribution < 1.29 is 28.6 Å². The van der Waals surface area contributed by atoms with Gasteiger partial charge in [-0.25, -0.2) is 0 Å². The zero-order valence-electron chi connectivity index (χ0n) is 51.8. The van der Waals surface area contributed by atoms with Gasteiger partial charge in [-0.05, 0) is 44.9 Å². The number of carbonyl (C=O) groups excluding carboxylic acids is 3. The van der Waals surface area contributed by atoms with Gasteiger partial charge in [-0.1, -0.05) is 348 Å². The molecular weight excluding hydrogens is 937 g/mol. The van der Waals surface area contributed by atoms with E-state index in [9.17, 15) is 14.4 Å². The summed E-state index contributed by atoms with van der Waals surface area (Å²) >= 11 is 0. The lowest BCUT2D eigenvalue weighted by atomic mass is 10.0. The van der Waals surface area contributed by atoms with Crippen LogP contribution in [0.4, 0.5) is 0 Å². The van der Waals surface area contributed by atoms with Crippen LogP contribution in [0, 0.1) is 0 Å². The Morgan fingerprint density at radius 2 is 0.434 bits per heavy atom. The number of carbonyl (C=O) groups is 3. The quantitative estimate of drug-likeness (QED) is 0.0261. The fraction of sp³-hybridized carbons (Fsp3) is 0.929. The molecule has 0 saturated heterocycles. The minimum absolute atomic E-state index is 0.0667. The first-order valence-corrected chi connectivity index (χ1v) is 34.7. The normalized spacial score (nSPS) is 12.0. The predicted octanol–water partition coefficient (Wildman–Crippen LogP) is 23.6. The second-order valence-corrected chi connectivity index (χ2v) is 23.8. The van der Waals surface area contributed by atoms with E-state index in [2.05, 4.69) is 32.9 Å². The number of rotatable bonds is 65.